The average Bonchev–Trinajstić information content (AvgIpc) is 2.91. The van der Waals surface area contributed by atoms with E-state index < -0.39 is 0 Å². The van der Waals surface area contributed by atoms with Crippen LogP contribution in [0.5, 0.6) is 0 Å². The van der Waals surface area contributed by atoms with Crippen molar-refractivity contribution in [1.29, 1.82) is 0 Å². The van der Waals surface area contributed by atoms with Gasteiger partial charge in [0.2, 0.25) is 0 Å². The maximum atomic E-state index is 12.3. The fourth-order valence-corrected chi connectivity index (χ4v) is 3.38. The van der Waals surface area contributed by atoms with Crippen molar-refractivity contribution in [2.24, 2.45) is 0 Å². The maximum absolute atomic E-state index is 12.3. The molecule has 0 spiro atoms. The summed E-state index contributed by atoms with van der Waals surface area (Å²) in [4.78, 5) is 15.4. The molecule has 1 amide bonds. The summed E-state index contributed by atoms with van der Waals surface area (Å²) in [5, 5.41) is 4.99. The van der Waals surface area contributed by atoms with Crippen LogP contribution < -0.4 is 10.2 Å². The van der Waals surface area contributed by atoms with E-state index in [2.05, 4.69) is 16.3 Å². The highest BCUT2D eigenvalue weighted by atomic mass is 32.1. The first-order chi connectivity index (χ1) is 10.3. The number of nitrogens with one attached hydrogen (secondary N) is 1. The molecule has 0 saturated carbocycles. The number of anilines is 2. The van der Waals surface area contributed by atoms with Crippen molar-refractivity contribution in [2.75, 3.05) is 23.3 Å². The van der Waals surface area contributed by atoms with Gasteiger partial charge in [0.1, 0.15) is 0 Å². The van der Waals surface area contributed by atoms with Crippen molar-refractivity contribution in [1.82, 2.24) is 0 Å². The lowest BCUT2D eigenvalue weighted by molar-refractivity contribution is 0.103. The molecule has 110 valence electrons. The van der Waals surface area contributed by atoms with Crippen molar-refractivity contribution in [3.63, 3.8) is 0 Å². The van der Waals surface area contributed by atoms with E-state index in [0.717, 1.165) is 29.3 Å². The average molecular weight is 300 g/mol. The second-order valence-corrected chi connectivity index (χ2v) is 6.30. The molecule has 3 rings (SSSR count). The molecular formula is C17H20N2OS. The number of carbonyl (C=O) groups is 1. The Morgan fingerprint density at radius 1 is 1.00 bits per heavy atom. The zero-order chi connectivity index (χ0) is 14.5. The molecular weight excluding hydrogens is 280 g/mol. The van der Waals surface area contributed by atoms with Gasteiger partial charge in [-0.3, -0.25) is 4.79 Å². The van der Waals surface area contributed by atoms with Gasteiger partial charge < -0.3 is 10.2 Å². The molecule has 2 aromatic rings. The Balaban J connectivity index is 1.80. The van der Waals surface area contributed by atoms with Gasteiger partial charge in [0, 0.05) is 13.1 Å². The highest BCUT2D eigenvalue weighted by Crippen LogP contribution is 2.28. The van der Waals surface area contributed by atoms with E-state index in [9.17, 15) is 4.79 Å². The molecule has 3 nitrogen and oxygen atoms in total. The number of benzene rings is 1. The van der Waals surface area contributed by atoms with Crippen LogP contribution in [0.3, 0.4) is 0 Å². The van der Waals surface area contributed by atoms with Gasteiger partial charge in [-0.25, -0.2) is 0 Å². The quantitative estimate of drug-likeness (QED) is 0.912. The number of thiophene rings is 1. The molecule has 0 aliphatic carbocycles. The van der Waals surface area contributed by atoms with Gasteiger partial charge in [-0.05, 0) is 36.4 Å². The standard InChI is InChI=1S/C17H20N2OS/c20-17(16-10-7-13-21-16)18-14-8-3-4-9-15(14)19-11-5-1-2-6-12-19/h3-4,7-10,13H,1-2,5-6,11-12H2,(H,18,20). The molecule has 0 atom stereocenters. The van der Waals surface area contributed by atoms with Crippen LogP contribution in [-0.4, -0.2) is 19.0 Å². The first-order valence-electron chi connectivity index (χ1n) is 7.53. The van der Waals surface area contributed by atoms with Crippen LogP contribution in [0.25, 0.3) is 0 Å². The molecule has 1 aromatic carbocycles. The number of carbonyl (C=O) groups excluding carboxylic acids is 1. The third-order valence-electron chi connectivity index (χ3n) is 3.84. The normalized spacial score (nSPS) is 15.5. The lowest BCUT2D eigenvalue weighted by Crippen LogP contribution is -2.25. The van der Waals surface area contributed by atoms with E-state index >= 15 is 0 Å². The van der Waals surface area contributed by atoms with Crippen LogP contribution in [-0.2, 0) is 0 Å². The number of nitrogens with zero attached hydrogens (tertiary/aromatic N) is 1. The Hall–Kier alpha value is -1.81. The molecule has 1 saturated heterocycles. The maximum Gasteiger partial charge on any atom is 0.265 e. The summed E-state index contributed by atoms with van der Waals surface area (Å²) in [6.07, 6.45) is 5.07. The van der Waals surface area contributed by atoms with Crippen molar-refractivity contribution >= 4 is 28.6 Å². The van der Waals surface area contributed by atoms with Crippen molar-refractivity contribution in [3.8, 4) is 0 Å². The Bertz CT molecular complexity index is 587. The Labute approximate surface area is 129 Å². The summed E-state index contributed by atoms with van der Waals surface area (Å²) < 4.78 is 0. The van der Waals surface area contributed by atoms with E-state index in [1.54, 1.807) is 0 Å². The van der Waals surface area contributed by atoms with Crippen LogP contribution in [0.4, 0.5) is 11.4 Å². The topological polar surface area (TPSA) is 32.3 Å². The highest BCUT2D eigenvalue weighted by molar-refractivity contribution is 7.12. The van der Waals surface area contributed by atoms with E-state index in [4.69, 9.17) is 0 Å². The van der Waals surface area contributed by atoms with Crippen LogP contribution in [0, 0.1) is 0 Å². The smallest absolute Gasteiger partial charge is 0.265 e. The molecule has 1 N–H and O–H groups in total. The molecule has 4 heteroatoms. The van der Waals surface area contributed by atoms with E-state index in [-0.39, 0.29) is 5.91 Å². The van der Waals surface area contributed by atoms with Crippen molar-refractivity contribution < 1.29 is 4.79 Å². The van der Waals surface area contributed by atoms with Crippen LogP contribution in [0.2, 0.25) is 0 Å². The van der Waals surface area contributed by atoms with E-state index in [0.29, 0.717) is 0 Å². The van der Waals surface area contributed by atoms with E-state index in [1.807, 2.05) is 35.7 Å². The predicted molar refractivity (Wildman–Crippen MR) is 89.4 cm³/mol. The molecule has 0 unspecified atom stereocenters. The third-order valence-corrected chi connectivity index (χ3v) is 4.71. The number of rotatable bonds is 3. The fourth-order valence-electron chi connectivity index (χ4n) is 2.76. The van der Waals surface area contributed by atoms with Gasteiger partial charge in [0.05, 0.1) is 16.3 Å². The van der Waals surface area contributed by atoms with Gasteiger partial charge in [0.25, 0.3) is 5.91 Å². The zero-order valence-corrected chi connectivity index (χ0v) is 12.9. The van der Waals surface area contributed by atoms with Crippen LogP contribution in [0.15, 0.2) is 41.8 Å². The Morgan fingerprint density at radius 2 is 1.76 bits per heavy atom. The Kier molecular flexibility index (Phi) is 4.55. The lowest BCUT2D eigenvalue weighted by Gasteiger charge is -2.25. The highest BCUT2D eigenvalue weighted by Gasteiger charge is 2.15. The van der Waals surface area contributed by atoms with Crippen molar-refractivity contribution in [3.05, 3.63) is 46.7 Å². The fraction of sp³-hybridized carbons (Fsp3) is 0.353. The first-order valence-corrected chi connectivity index (χ1v) is 8.41. The third kappa shape index (κ3) is 3.45. The van der Waals surface area contributed by atoms with Crippen LogP contribution in [0.1, 0.15) is 35.4 Å². The first kappa shape index (κ1) is 14.1. The minimum absolute atomic E-state index is 0.0210. The number of para-hydroxylation sites is 2. The molecule has 0 bridgehead atoms. The summed E-state index contributed by atoms with van der Waals surface area (Å²) in [6, 6.07) is 11.9. The number of amides is 1. The summed E-state index contributed by atoms with van der Waals surface area (Å²) in [7, 11) is 0. The van der Waals surface area contributed by atoms with Gasteiger partial charge in [-0.15, -0.1) is 11.3 Å². The second-order valence-electron chi connectivity index (χ2n) is 5.35. The molecule has 1 aromatic heterocycles. The van der Waals surface area contributed by atoms with Crippen molar-refractivity contribution in [2.45, 2.75) is 25.7 Å². The summed E-state index contributed by atoms with van der Waals surface area (Å²) in [6.45, 7) is 2.15. The minimum Gasteiger partial charge on any atom is -0.370 e. The van der Waals surface area contributed by atoms with Gasteiger partial charge in [-0.1, -0.05) is 31.0 Å². The molecule has 1 fully saturated rings. The predicted octanol–water partition coefficient (Wildman–Crippen LogP) is 4.38. The largest absolute Gasteiger partial charge is 0.370 e. The minimum atomic E-state index is -0.0210. The summed E-state index contributed by atoms with van der Waals surface area (Å²) in [5.74, 6) is -0.0210. The Morgan fingerprint density at radius 3 is 2.48 bits per heavy atom. The SMILES string of the molecule is O=C(Nc1ccccc1N1CCCCCC1)c1cccs1. The number of hydrogen-bond acceptors (Lipinski definition) is 3. The monoisotopic (exact) mass is 300 g/mol. The zero-order valence-electron chi connectivity index (χ0n) is 12.0. The van der Waals surface area contributed by atoms with E-state index in [1.165, 1.54) is 37.0 Å². The lowest BCUT2D eigenvalue weighted by atomic mass is 10.2. The molecule has 21 heavy (non-hydrogen) atoms. The van der Waals surface area contributed by atoms with Gasteiger partial charge in [-0.2, -0.15) is 0 Å². The molecule has 2 heterocycles. The number of hydrogen-bond donors (Lipinski definition) is 1. The van der Waals surface area contributed by atoms with Gasteiger partial charge >= 0.3 is 0 Å². The molecule has 0 radical (unpaired) electrons. The summed E-state index contributed by atoms with van der Waals surface area (Å²) >= 11 is 1.47. The van der Waals surface area contributed by atoms with Crippen LogP contribution >= 0.6 is 11.3 Å². The molecule has 1 aliphatic rings. The summed E-state index contributed by atoms with van der Waals surface area (Å²) in [5.41, 5.74) is 2.06. The second kappa shape index (κ2) is 6.76. The molecule has 1 aliphatic heterocycles. The van der Waals surface area contributed by atoms with Gasteiger partial charge in [0.15, 0.2) is 0 Å².